The van der Waals surface area contributed by atoms with E-state index in [0.29, 0.717) is 11.4 Å². The lowest BCUT2D eigenvalue weighted by molar-refractivity contribution is 0.0368. The highest BCUT2D eigenvalue weighted by molar-refractivity contribution is 5.95. The highest BCUT2D eigenvalue weighted by atomic mass is 16.5. The summed E-state index contributed by atoms with van der Waals surface area (Å²) >= 11 is 0. The third kappa shape index (κ3) is 3.85. The van der Waals surface area contributed by atoms with Crippen molar-refractivity contribution in [1.29, 1.82) is 0 Å². The van der Waals surface area contributed by atoms with E-state index in [4.69, 9.17) is 10.5 Å². The first-order valence-corrected chi connectivity index (χ1v) is 6.75. The van der Waals surface area contributed by atoms with Gasteiger partial charge in [-0.05, 0) is 25.1 Å². The Kier molecular flexibility index (Phi) is 4.81. The fourth-order valence-electron chi connectivity index (χ4n) is 2.35. The van der Waals surface area contributed by atoms with Gasteiger partial charge >= 0.3 is 5.97 Å². The van der Waals surface area contributed by atoms with E-state index in [9.17, 15) is 9.90 Å². The molecule has 4 N–H and O–H groups in total. The van der Waals surface area contributed by atoms with Crippen LogP contribution >= 0.6 is 0 Å². The number of ether oxygens (including phenoxy) is 1. The Morgan fingerprint density at radius 1 is 1.50 bits per heavy atom. The zero-order chi connectivity index (χ0) is 14.5. The molecule has 1 atom stereocenters. The van der Waals surface area contributed by atoms with Gasteiger partial charge in [0.25, 0.3) is 0 Å². The Hall–Kier alpha value is -1.79. The second-order valence-corrected chi connectivity index (χ2v) is 5.07. The van der Waals surface area contributed by atoms with Gasteiger partial charge in [0.1, 0.15) is 0 Å². The molecule has 1 saturated heterocycles. The van der Waals surface area contributed by atoms with Gasteiger partial charge in [0, 0.05) is 31.4 Å². The summed E-state index contributed by atoms with van der Waals surface area (Å²) in [5, 5.41) is 12.4. The molecule has 0 radical (unpaired) electrons. The molecule has 0 saturated carbocycles. The molecule has 0 bridgehead atoms. The largest absolute Gasteiger partial charge is 0.478 e. The first-order chi connectivity index (χ1) is 9.56. The summed E-state index contributed by atoms with van der Waals surface area (Å²) in [5.41, 5.74) is 7.09. The molecule has 20 heavy (non-hydrogen) atoms. The van der Waals surface area contributed by atoms with Gasteiger partial charge in [0.2, 0.25) is 0 Å². The third-order valence-corrected chi connectivity index (χ3v) is 3.31. The van der Waals surface area contributed by atoms with Crippen molar-refractivity contribution in [2.45, 2.75) is 13.0 Å². The molecular formula is C14H21N3O3. The van der Waals surface area contributed by atoms with E-state index in [1.54, 1.807) is 12.1 Å². The van der Waals surface area contributed by atoms with Crippen LogP contribution in [-0.2, 0) is 4.74 Å². The van der Waals surface area contributed by atoms with Gasteiger partial charge in [-0.2, -0.15) is 0 Å². The van der Waals surface area contributed by atoms with Crippen molar-refractivity contribution in [3.05, 3.63) is 23.8 Å². The molecule has 1 aromatic rings. The van der Waals surface area contributed by atoms with E-state index in [1.807, 2.05) is 6.92 Å². The van der Waals surface area contributed by atoms with E-state index in [-0.39, 0.29) is 11.6 Å². The van der Waals surface area contributed by atoms with E-state index in [1.165, 1.54) is 6.07 Å². The monoisotopic (exact) mass is 279 g/mol. The quantitative estimate of drug-likeness (QED) is 0.700. The molecular weight excluding hydrogens is 258 g/mol. The minimum atomic E-state index is -0.953. The lowest BCUT2D eigenvalue weighted by Gasteiger charge is -2.30. The molecule has 2 rings (SSSR count). The summed E-state index contributed by atoms with van der Waals surface area (Å²) in [5.74, 6) is -0.953. The van der Waals surface area contributed by atoms with Crippen LogP contribution < -0.4 is 11.1 Å². The molecule has 0 spiro atoms. The number of benzene rings is 1. The molecule has 110 valence electrons. The summed E-state index contributed by atoms with van der Waals surface area (Å²) < 4.78 is 5.31. The number of rotatable bonds is 5. The van der Waals surface area contributed by atoms with Crippen molar-refractivity contribution in [2.75, 3.05) is 43.9 Å². The van der Waals surface area contributed by atoms with Gasteiger partial charge in [0.05, 0.1) is 24.5 Å². The molecule has 0 amide bonds. The number of hydrogen-bond donors (Lipinski definition) is 3. The first-order valence-electron chi connectivity index (χ1n) is 6.75. The summed E-state index contributed by atoms with van der Waals surface area (Å²) in [6.07, 6.45) is 0. The average molecular weight is 279 g/mol. The SMILES string of the molecule is CC(CN1CCOCC1)Nc1cc(N)ccc1C(=O)O. The van der Waals surface area contributed by atoms with E-state index >= 15 is 0 Å². The van der Waals surface area contributed by atoms with Crippen LogP contribution in [0.15, 0.2) is 18.2 Å². The fraction of sp³-hybridized carbons (Fsp3) is 0.500. The van der Waals surface area contributed by atoms with Crippen LogP contribution in [0.25, 0.3) is 0 Å². The van der Waals surface area contributed by atoms with Crippen LogP contribution in [0.2, 0.25) is 0 Å². The van der Waals surface area contributed by atoms with Gasteiger partial charge in [-0.1, -0.05) is 0 Å². The van der Waals surface area contributed by atoms with Crippen LogP contribution in [0, 0.1) is 0 Å². The average Bonchev–Trinajstić information content (AvgIpc) is 2.39. The molecule has 1 aromatic carbocycles. The predicted molar refractivity (Wildman–Crippen MR) is 78.2 cm³/mol. The maximum absolute atomic E-state index is 11.2. The van der Waals surface area contributed by atoms with Gasteiger partial charge in [-0.25, -0.2) is 4.79 Å². The smallest absolute Gasteiger partial charge is 0.337 e. The number of carboxylic acid groups (broad SMARTS) is 1. The summed E-state index contributed by atoms with van der Waals surface area (Å²) in [4.78, 5) is 13.5. The number of carbonyl (C=O) groups is 1. The molecule has 1 heterocycles. The number of anilines is 2. The van der Waals surface area contributed by atoms with Gasteiger partial charge in [0.15, 0.2) is 0 Å². The summed E-state index contributed by atoms with van der Waals surface area (Å²) in [6, 6.07) is 4.93. The Morgan fingerprint density at radius 3 is 2.85 bits per heavy atom. The van der Waals surface area contributed by atoms with Gasteiger partial charge < -0.3 is 20.9 Å². The highest BCUT2D eigenvalue weighted by Gasteiger charge is 2.16. The molecule has 1 aliphatic heterocycles. The Bertz CT molecular complexity index is 473. The Labute approximate surface area is 118 Å². The molecule has 0 aliphatic carbocycles. The minimum absolute atomic E-state index is 0.132. The number of morpholine rings is 1. The summed E-state index contributed by atoms with van der Waals surface area (Å²) in [7, 11) is 0. The van der Waals surface area contributed by atoms with Crippen molar-refractivity contribution in [1.82, 2.24) is 4.90 Å². The zero-order valence-electron chi connectivity index (χ0n) is 11.6. The van der Waals surface area contributed by atoms with Crippen LogP contribution in [0.3, 0.4) is 0 Å². The van der Waals surface area contributed by atoms with E-state index in [2.05, 4.69) is 10.2 Å². The van der Waals surface area contributed by atoms with Crippen LogP contribution in [0.4, 0.5) is 11.4 Å². The van der Waals surface area contributed by atoms with Crippen molar-refractivity contribution >= 4 is 17.3 Å². The molecule has 6 heteroatoms. The predicted octanol–water partition coefficient (Wildman–Crippen LogP) is 1.10. The second-order valence-electron chi connectivity index (χ2n) is 5.07. The third-order valence-electron chi connectivity index (χ3n) is 3.31. The molecule has 1 aliphatic rings. The number of nitrogens with zero attached hydrogens (tertiary/aromatic N) is 1. The van der Waals surface area contributed by atoms with Crippen molar-refractivity contribution in [3.63, 3.8) is 0 Å². The Balaban J connectivity index is 2.00. The maximum atomic E-state index is 11.2. The van der Waals surface area contributed by atoms with Gasteiger partial charge in [-0.15, -0.1) is 0 Å². The molecule has 1 unspecified atom stereocenters. The first kappa shape index (κ1) is 14.6. The Morgan fingerprint density at radius 2 is 2.20 bits per heavy atom. The molecule has 6 nitrogen and oxygen atoms in total. The summed E-state index contributed by atoms with van der Waals surface area (Å²) in [6.45, 7) is 6.21. The topological polar surface area (TPSA) is 87.8 Å². The lowest BCUT2D eigenvalue weighted by atomic mass is 10.1. The number of nitrogen functional groups attached to an aromatic ring is 1. The van der Waals surface area contributed by atoms with Crippen LogP contribution in [0.1, 0.15) is 17.3 Å². The van der Waals surface area contributed by atoms with Crippen molar-refractivity contribution in [2.24, 2.45) is 0 Å². The second kappa shape index (κ2) is 6.58. The fourth-order valence-corrected chi connectivity index (χ4v) is 2.35. The minimum Gasteiger partial charge on any atom is -0.478 e. The number of nitrogens with two attached hydrogens (primary N) is 1. The molecule has 1 fully saturated rings. The highest BCUT2D eigenvalue weighted by Crippen LogP contribution is 2.20. The standard InChI is InChI=1S/C14H21N3O3/c1-10(9-17-4-6-20-7-5-17)16-13-8-11(15)2-3-12(13)14(18)19/h2-3,8,10,16H,4-7,9,15H2,1H3,(H,18,19). The van der Waals surface area contributed by atoms with Crippen LogP contribution in [0.5, 0.6) is 0 Å². The van der Waals surface area contributed by atoms with E-state index < -0.39 is 5.97 Å². The number of hydrogen-bond acceptors (Lipinski definition) is 5. The number of nitrogens with one attached hydrogen (secondary N) is 1. The maximum Gasteiger partial charge on any atom is 0.337 e. The number of carboxylic acids is 1. The zero-order valence-corrected chi connectivity index (χ0v) is 11.6. The van der Waals surface area contributed by atoms with Crippen molar-refractivity contribution < 1.29 is 14.6 Å². The van der Waals surface area contributed by atoms with Crippen molar-refractivity contribution in [3.8, 4) is 0 Å². The number of aromatic carboxylic acids is 1. The van der Waals surface area contributed by atoms with E-state index in [0.717, 1.165) is 32.8 Å². The van der Waals surface area contributed by atoms with Crippen LogP contribution in [-0.4, -0.2) is 54.9 Å². The normalized spacial score (nSPS) is 17.6. The van der Waals surface area contributed by atoms with Gasteiger partial charge in [-0.3, -0.25) is 4.90 Å². The molecule has 0 aromatic heterocycles. The lowest BCUT2D eigenvalue weighted by Crippen LogP contribution is -2.42.